The van der Waals surface area contributed by atoms with Crippen LogP contribution in [0.2, 0.25) is 0 Å². The number of aromatic nitrogens is 4. The molecule has 20 heteroatoms. The van der Waals surface area contributed by atoms with Gasteiger partial charge in [0.2, 0.25) is 11.3 Å². The van der Waals surface area contributed by atoms with Gasteiger partial charge in [0.05, 0.1) is 11.7 Å². The molecule has 0 spiro atoms. The molecule has 1 aromatic carbocycles. The fourth-order valence-corrected chi connectivity index (χ4v) is 5.82. The minimum Gasteiger partial charge on any atom is -0.543 e. The summed E-state index contributed by atoms with van der Waals surface area (Å²) in [5.74, 6) is -2.17. The number of phosphoric acid groups is 1. The number of carbonyl (C=O) groups excluding carboxylic acids is 4. The second kappa shape index (κ2) is 14.4. The Bertz CT molecular complexity index is 1280. The minimum absolute atomic E-state index is 0. The van der Waals surface area contributed by atoms with Crippen LogP contribution in [0.15, 0.2) is 46.8 Å². The zero-order valence-corrected chi connectivity index (χ0v) is 24.8. The Hall–Kier alpha value is -2.28. The van der Waals surface area contributed by atoms with Crippen molar-refractivity contribution in [2.24, 2.45) is 7.05 Å². The molecule has 4 N–H and O–H groups in total. The first kappa shape index (κ1) is 32.9. The number of amides is 2. The molecule has 2 amide bonds. The summed E-state index contributed by atoms with van der Waals surface area (Å²) >= 11 is 2.55. The average molecular weight is 610 g/mol. The number of carbonyl (C=O) groups is 4. The van der Waals surface area contributed by atoms with E-state index in [4.69, 9.17) is 24.0 Å². The fourth-order valence-electron chi connectivity index (χ4n) is 3.48. The number of carboxylic acids is 1. The van der Waals surface area contributed by atoms with Crippen LogP contribution in [0.25, 0.3) is 0 Å². The number of tetrazole rings is 1. The first-order chi connectivity index (χ1) is 17.9. The molecule has 0 saturated carbocycles. The maximum atomic E-state index is 12.8. The van der Waals surface area contributed by atoms with E-state index in [0.29, 0.717) is 22.0 Å². The van der Waals surface area contributed by atoms with Crippen molar-refractivity contribution >= 4 is 55.6 Å². The topological polar surface area (TPSA) is 237 Å². The molecule has 1 saturated heterocycles. The van der Waals surface area contributed by atoms with E-state index in [1.54, 1.807) is 37.4 Å². The van der Waals surface area contributed by atoms with Crippen molar-refractivity contribution in [3.63, 3.8) is 0 Å². The van der Waals surface area contributed by atoms with Gasteiger partial charge in [0, 0.05) is 24.1 Å². The summed E-state index contributed by atoms with van der Waals surface area (Å²) in [6, 6.07) is 7.39. The zero-order valence-electron chi connectivity index (χ0n) is 20.3. The molecule has 1 aromatic heterocycles. The molecule has 1 fully saturated rings. The van der Waals surface area contributed by atoms with E-state index < -0.39 is 43.1 Å². The molecule has 2 aromatic rings. The number of benzene rings is 1. The number of aliphatic carboxylic acids is 1. The molecule has 2 aliphatic rings. The van der Waals surface area contributed by atoms with Gasteiger partial charge >= 0.3 is 37.4 Å². The smallest absolute Gasteiger partial charge is 0.543 e. The second-order valence-electron chi connectivity index (χ2n) is 7.55. The number of aryl methyl sites for hydroxylation is 1. The van der Waals surface area contributed by atoms with Crippen LogP contribution in [-0.4, -0.2) is 87.0 Å². The molecular formula is C19H20N6NaO10PS2. The van der Waals surface area contributed by atoms with E-state index in [1.165, 1.54) is 28.2 Å². The number of fused-ring (bicyclic) bond motifs is 1. The Balaban J connectivity index is 0.000000816. The molecule has 3 heterocycles. The normalized spacial score (nSPS) is 18.9. The van der Waals surface area contributed by atoms with E-state index in [2.05, 4.69) is 20.8 Å². The summed E-state index contributed by atoms with van der Waals surface area (Å²) in [6.07, 6.45) is -1.23. The third-order valence-corrected chi connectivity index (χ3v) is 7.46. The van der Waals surface area contributed by atoms with Crippen molar-refractivity contribution in [2.75, 3.05) is 11.5 Å². The third kappa shape index (κ3) is 8.60. The van der Waals surface area contributed by atoms with Crippen LogP contribution in [0.5, 0.6) is 0 Å². The molecule has 0 unspecified atom stereocenters. The van der Waals surface area contributed by atoms with Gasteiger partial charge in [-0.3, -0.25) is 19.3 Å². The van der Waals surface area contributed by atoms with Gasteiger partial charge in [0.1, 0.15) is 11.4 Å². The fraction of sp³-hybridized carbons (Fsp3) is 0.316. The molecule has 0 bridgehead atoms. The first-order valence-electron chi connectivity index (χ1n) is 10.4. The quantitative estimate of drug-likeness (QED) is 0.0682. The van der Waals surface area contributed by atoms with Gasteiger partial charge in [0.15, 0.2) is 0 Å². The van der Waals surface area contributed by atoms with Crippen molar-refractivity contribution in [2.45, 2.75) is 22.7 Å². The van der Waals surface area contributed by atoms with Crippen LogP contribution in [0.1, 0.15) is 11.7 Å². The van der Waals surface area contributed by atoms with Crippen molar-refractivity contribution in [3.05, 3.63) is 47.2 Å². The molecule has 3 atom stereocenters. The van der Waals surface area contributed by atoms with Gasteiger partial charge in [-0.1, -0.05) is 42.1 Å². The van der Waals surface area contributed by atoms with Crippen LogP contribution in [-0.2, 0) is 35.5 Å². The largest absolute Gasteiger partial charge is 1.00 e. The van der Waals surface area contributed by atoms with Crippen LogP contribution in [0.4, 0.5) is 0 Å². The first-order valence-corrected chi connectivity index (χ1v) is 14.0. The average Bonchev–Trinajstić information content (AvgIpc) is 3.27. The van der Waals surface area contributed by atoms with Crippen LogP contribution < -0.4 is 40.0 Å². The monoisotopic (exact) mass is 610 g/mol. The summed E-state index contributed by atoms with van der Waals surface area (Å²) < 4.78 is 15.3. The van der Waals surface area contributed by atoms with Crippen molar-refractivity contribution in [3.8, 4) is 0 Å². The second-order valence-corrected chi connectivity index (χ2v) is 10.6. The van der Waals surface area contributed by atoms with E-state index in [0.717, 1.165) is 4.90 Å². The summed E-state index contributed by atoms with van der Waals surface area (Å²) in [7, 11) is -2.98. The molecule has 204 valence electrons. The molecule has 39 heavy (non-hydrogen) atoms. The number of hydrogen-bond donors (Lipinski definition) is 4. The standard InChI is InChI=1S/C19H18N6O6S2.Na.H3O4P/c1-24-19(21-22-23-24)33-8-11-7-32-17-12(16(28)25(17)13(11)18(29)30)20-15(27)14(31-9-26)10-5-3-2-4-6-10;;1-5(2,3)4/h2-6,9,12,14,17H,7-8H2,1H3,(H,20,27)(H,29,30);;(H3,1,2,3,4)/q;+1;/p-1/t12-,14-,17-;;/m1../s1. The number of β-lactam (4-membered cyclic amide) rings is 1. The summed E-state index contributed by atoms with van der Waals surface area (Å²) in [5.41, 5.74) is 0.726. The Labute approximate surface area is 251 Å². The number of thioether (sulfide) groups is 2. The molecule has 2 aliphatic heterocycles. The number of ether oxygens (including phenoxy) is 1. The molecule has 4 rings (SSSR count). The van der Waals surface area contributed by atoms with E-state index in [-0.39, 0.29) is 47.5 Å². The number of carboxylic acid groups (broad SMARTS) is 1. The van der Waals surface area contributed by atoms with E-state index in [9.17, 15) is 24.3 Å². The van der Waals surface area contributed by atoms with Crippen molar-refractivity contribution in [1.29, 1.82) is 0 Å². The Morgan fingerprint density at radius 1 is 1.33 bits per heavy atom. The number of nitrogens with zero attached hydrogens (tertiary/aromatic N) is 5. The minimum atomic E-state index is -4.64. The number of rotatable bonds is 9. The Morgan fingerprint density at radius 2 is 1.97 bits per heavy atom. The van der Waals surface area contributed by atoms with E-state index in [1.807, 2.05) is 0 Å². The van der Waals surface area contributed by atoms with Crippen molar-refractivity contribution < 1.29 is 77.8 Å². The van der Waals surface area contributed by atoms with E-state index >= 15 is 0 Å². The molecular weight excluding hydrogens is 590 g/mol. The van der Waals surface area contributed by atoms with Gasteiger partial charge in [-0.05, 0) is 16.0 Å². The van der Waals surface area contributed by atoms with Gasteiger partial charge in [-0.15, -0.1) is 16.9 Å². The molecule has 0 radical (unpaired) electrons. The van der Waals surface area contributed by atoms with Crippen LogP contribution in [0.3, 0.4) is 0 Å². The summed E-state index contributed by atoms with van der Waals surface area (Å²) in [5, 5.41) is 25.4. The van der Waals surface area contributed by atoms with Gasteiger partial charge in [-0.25, -0.2) is 9.25 Å². The number of hydrogen-bond acceptors (Lipinski definition) is 12. The maximum absolute atomic E-state index is 12.8. The number of nitrogens with one attached hydrogen (secondary N) is 1. The maximum Gasteiger partial charge on any atom is 1.00 e. The Kier molecular flexibility index (Phi) is 12.1. The predicted octanol–water partition coefficient (Wildman–Crippen LogP) is -5.30. The van der Waals surface area contributed by atoms with Gasteiger partial charge in [0.25, 0.3) is 18.3 Å². The third-order valence-electron chi connectivity index (χ3n) is 5.03. The Morgan fingerprint density at radius 3 is 2.51 bits per heavy atom. The van der Waals surface area contributed by atoms with Gasteiger partial charge < -0.3 is 34.6 Å². The van der Waals surface area contributed by atoms with Crippen LogP contribution >= 0.6 is 31.3 Å². The molecule has 16 nitrogen and oxygen atoms in total. The zero-order chi connectivity index (χ0) is 28.0. The SMILES string of the molecule is Cn1nnnc1SCC1=C(C(=O)[O-])N2C(=O)[C@@H](NC(=O)[C@H](OC=O)c3ccccc3)[C@H]2SC1.O=P(O)(O)O.[Na+]. The summed E-state index contributed by atoms with van der Waals surface area (Å²) in [6.45, 7) is 0.162. The van der Waals surface area contributed by atoms with Crippen molar-refractivity contribution in [1.82, 2.24) is 30.4 Å². The predicted molar refractivity (Wildman–Crippen MR) is 127 cm³/mol. The summed E-state index contributed by atoms with van der Waals surface area (Å²) in [4.78, 5) is 71.0. The molecule has 0 aliphatic carbocycles. The van der Waals surface area contributed by atoms with Gasteiger partial charge in [-0.2, -0.15) is 0 Å². The van der Waals surface area contributed by atoms with Crippen LogP contribution in [0, 0.1) is 0 Å².